The molecule has 0 aromatic heterocycles. The molecule has 3 heterocycles. The van der Waals surface area contributed by atoms with Crippen LogP contribution in [0.5, 0.6) is 0 Å². The van der Waals surface area contributed by atoms with Crippen LogP contribution in [0.1, 0.15) is 6.92 Å². The first-order valence-corrected chi connectivity index (χ1v) is 3.86. The first kappa shape index (κ1) is 5.69. The van der Waals surface area contributed by atoms with Crippen molar-refractivity contribution in [2.45, 2.75) is 13.0 Å². The molecule has 52 valence electrons. The van der Waals surface area contributed by atoms with Crippen LogP contribution < -0.4 is 0 Å². The van der Waals surface area contributed by atoms with Crippen LogP contribution in [0.25, 0.3) is 0 Å². The Labute approximate surface area is 56.4 Å². The van der Waals surface area contributed by atoms with Gasteiger partial charge in [0.25, 0.3) is 0 Å². The summed E-state index contributed by atoms with van der Waals surface area (Å²) >= 11 is 0. The van der Waals surface area contributed by atoms with Gasteiger partial charge in [0.2, 0.25) is 0 Å². The fourth-order valence-corrected chi connectivity index (χ4v) is 1.82. The summed E-state index contributed by atoms with van der Waals surface area (Å²) in [5.74, 6) is 0. The molecule has 9 heavy (non-hydrogen) atoms. The largest absolute Gasteiger partial charge is 0.299 e. The van der Waals surface area contributed by atoms with Gasteiger partial charge in [-0.3, -0.25) is 9.80 Å². The Balaban J connectivity index is 1.94. The van der Waals surface area contributed by atoms with Crippen molar-refractivity contribution in [2.24, 2.45) is 0 Å². The number of hydrogen-bond acceptors (Lipinski definition) is 2. The van der Waals surface area contributed by atoms with Gasteiger partial charge in [-0.15, -0.1) is 0 Å². The molecule has 0 radical (unpaired) electrons. The summed E-state index contributed by atoms with van der Waals surface area (Å²) < 4.78 is 0. The molecular formula is C7H14N2. The van der Waals surface area contributed by atoms with Gasteiger partial charge >= 0.3 is 0 Å². The molecule has 0 N–H and O–H groups in total. The van der Waals surface area contributed by atoms with Crippen LogP contribution in [0.2, 0.25) is 0 Å². The van der Waals surface area contributed by atoms with Crippen molar-refractivity contribution < 1.29 is 0 Å². The van der Waals surface area contributed by atoms with Crippen molar-refractivity contribution >= 4 is 0 Å². The molecule has 3 rings (SSSR count). The zero-order valence-electron chi connectivity index (χ0n) is 6.01. The topological polar surface area (TPSA) is 6.48 Å². The maximum atomic E-state index is 2.58. The van der Waals surface area contributed by atoms with Crippen molar-refractivity contribution in [3.8, 4) is 0 Å². The van der Waals surface area contributed by atoms with E-state index >= 15 is 0 Å². The third-order valence-electron chi connectivity index (χ3n) is 2.56. The fourth-order valence-electron chi connectivity index (χ4n) is 1.82. The lowest BCUT2D eigenvalue weighted by molar-refractivity contribution is -0.0217. The maximum Gasteiger partial charge on any atom is 0.0350 e. The predicted octanol–water partition coefficient (Wildman–Crippen LogP) is 0.00610. The van der Waals surface area contributed by atoms with Gasteiger partial charge in [-0.2, -0.15) is 0 Å². The van der Waals surface area contributed by atoms with Gasteiger partial charge in [0.1, 0.15) is 0 Å². The first-order chi connectivity index (χ1) is 4.40. The molecule has 2 nitrogen and oxygen atoms in total. The molecule has 3 fully saturated rings. The summed E-state index contributed by atoms with van der Waals surface area (Å²) in [7, 11) is 0. The SMILES string of the molecule is CCN1CCN2CC1C2. The molecule has 3 aliphatic heterocycles. The fraction of sp³-hybridized carbons (Fsp3) is 1.00. The van der Waals surface area contributed by atoms with E-state index in [0.29, 0.717) is 0 Å². The Bertz CT molecular complexity index is 105. The van der Waals surface area contributed by atoms with Gasteiger partial charge in [0.05, 0.1) is 0 Å². The molecule has 0 aromatic carbocycles. The summed E-state index contributed by atoms with van der Waals surface area (Å²) in [5.41, 5.74) is 0. The molecule has 0 atom stereocenters. The highest BCUT2D eigenvalue weighted by atomic mass is 15.4. The molecule has 2 heteroatoms. The number of likely N-dealkylation sites (N-methyl/N-ethyl adjacent to an activating group) is 1. The molecule has 0 amide bonds. The summed E-state index contributed by atoms with van der Waals surface area (Å²) in [5, 5.41) is 0. The Kier molecular flexibility index (Phi) is 1.24. The average molecular weight is 126 g/mol. The second-order valence-electron chi connectivity index (χ2n) is 3.04. The second kappa shape index (κ2) is 1.96. The third-order valence-corrected chi connectivity index (χ3v) is 2.56. The Morgan fingerprint density at radius 1 is 1.33 bits per heavy atom. The zero-order chi connectivity index (χ0) is 6.27. The third kappa shape index (κ3) is 0.775. The van der Waals surface area contributed by atoms with E-state index in [1.54, 1.807) is 0 Å². The quantitative estimate of drug-likeness (QED) is 0.488. The molecule has 2 bridgehead atoms. The van der Waals surface area contributed by atoms with Crippen LogP contribution in [-0.2, 0) is 0 Å². The Hall–Kier alpha value is -0.0800. The lowest BCUT2D eigenvalue weighted by atomic mass is 10.0. The van der Waals surface area contributed by atoms with E-state index in [9.17, 15) is 0 Å². The van der Waals surface area contributed by atoms with E-state index in [2.05, 4.69) is 16.7 Å². The molecule has 0 saturated carbocycles. The van der Waals surface area contributed by atoms with Crippen molar-refractivity contribution in [3.05, 3.63) is 0 Å². The van der Waals surface area contributed by atoms with E-state index in [0.717, 1.165) is 6.04 Å². The highest BCUT2D eigenvalue weighted by Gasteiger charge is 2.35. The van der Waals surface area contributed by atoms with E-state index in [4.69, 9.17) is 0 Å². The number of piperazine rings is 2. The number of rotatable bonds is 1. The number of nitrogens with zero attached hydrogens (tertiary/aromatic N) is 2. The van der Waals surface area contributed by atoms with Crippen molar-refractivity contribution in [2.75, 3.05) is 32.7 Å². The van der Waals surface area contributed by atoms with Gasteiger partial charge in [-0.1, -0.05) is 6.92 Å². The highest BCUT2D eigenvalue weighted by molar-refractivity contribution is 4.92. The molecule has 3 saturated heterocycles. The minimum Gasteiger partial charge on any atom is -0.299 e. The standard InChI is InChI=1S/C7H14N2/c1-2-9-4-3-8-5-7(9)6-8/h7H,2-6H2,1H3. The van der Waals surface area contributed by atoms with Gasteiger partial charge in [-0.25, -0.2) is 0 Å². The minimum atomic E-state index is 0.920. The van der Waals surface area contributed by atoms with Crippen LogP contribution >= 0.6 is 0 Å². The van der Waals surface area contributed by atoms with E-state index in [-0.39, 0.29) is 0 Å². The summed E-state index contributed by atoms with van der Waals surface area (Å²) in [6, 6.07) is 0.920. The molecular weight excluding hydrogens is 112 g/mol. The highest BCUT2D eigenvalue weighted by Crippen LogP contribution is 2.19. The average Bonchev–Trinajstić information content (AvgIpc) is 1.86. The van der Waals surface area contributed by atoms with Crippen molar-refractivity contribution in [1.29, 1.82) is 0 Å². The summed E-state index contributed by atoms with van der Waals surface area (Å²) in [6.45, 7) is 8.81. The molecule has 0 aromatic rings. The molecule has 3 aliphatic rings. The van der Waals surface area contributed by atoms with E-state index in [1.807, 2.05) is 0 Å². The smallest absolute Gasteiger partial charge is 0.0350 e. The maximum absolute atomic E-state index is 2.58. The van der Waals surface area contributed by atoms with E-state index in [1.165, 1.54) is 32.7 Å². The van der Waals surface area contributed by atoms with Gasteiger partial charge in [-0.05, 0) is 6.54 Å². The van der Waals surface area contributed by atoms with Crippen LogP contribution in [0.15, 0.2) is 0 Å². The Morgan fingerprint density at radius 3 is 2.44 bits per heavy atom. The first-order valence-electron chi connectivity index (χ1n) is 3.86. The Morgan fingerprint density at radius 2 is 2.11 bits per heavy atom. The van der Waals surface area contributed by atoms with Crippen LogP contribution in [-0.4, -0.2) is 48.6 Å². The molecule has 0 unspecified atom stereocenters. The number of fused-ring (bicyclic) bond motifs is 2. The molecule has 0 aliphatic carbocycles. The van der Waals surface area contributed by atoms with Gasteiger partial charge in [0, 0.05) is 32.2 Å². The minimum absolute atomic E-state index is 0.920. The lowest BCUT2D eigenvalue weighted by Crippen LogP contribution is -2.66. The predicted molar refractivity (Wildman–Crippen MR) is 37.5 cm³/mol. The lowest BCUT2D eigenvalue weighted by Gasteiger charge is -2.51. The summed E-state index contributed by atoms with van der Waals surface area (Å²) in [6.07, 6.45) is 0. The molecule has 0 spiro atoms. The van der Waals surface area contributed by atoms with Crippen molar-refractivity contribution in [1.82, 2.24) is 9.80 Å². The monoisotopic (exact) mass is 126 g/mol. The van der Waals surface area contributed by atoms with Gasteiger partial charge < -0.3 is 0 Å². The zero-order valence-corrected chi connectivity index (χ0v) is 6.01. The normalized spacial score (nSPS) is 42.3. The number of hydrogen-bond donors (Lipinski definition) is 0. The van der Waals surface area contributed by atoms with Crippen LogP contribution in [0.3, 0.4) is 0 Å². The summed E-state index contributed by atoms with van der Waals surface area (Å²) in [4.78, 5) is 5.11. The second-order valence-corrected chi connectivity index (χ2v) is 3.04. The van der Waals surface area contributed by atoms with E-state index < -0.39 is 0 Å². The van der Waals surface area contributed by atoms with Crippen molar-refractivity contribution in [3.63, 3.8) is 0 Å². The van der Waals surface area contributed by atoms with Crippen LogP contribution in [0, 0.1) is 0 Å². The van der Waals surface area contributed by atoms with Gasteiger partial charge in [0.15, 0.2) is 0 Å². The van der Waals surface area contributed by atoms with Crippen LogP contribution in [0.4, 0.5) is 0 Å².